The van der Waals surface area contributed by atoms with Crippen molar-refractivity contribution in [1.29, 1.82) is 0 Å². The number of amides is 1. The molecule has 0 aliphatic carbocycles. The van der Waals surface area contributed by atoms with E-state index in [4.69, 9.17) is 4.74 Å². The number of nitrogens with one attached hydrogen (secondary N) is 2. The number of carbonyl (C=O) groups is 1. The second-order valence-corrected chi connectivity index (χ2v) is 4.93. The first kappa shape index (κ1) is 15.8. The second kappa shape index (κ2) is 6.44. The highest BCUT2D eigenvalue weighted by atomic mass is 19.4. The van der Waals surface area contributed by atoms with Crippen LogP contribution in [0.25, 0.3) is 0 Å². The van der Waals surface area contributed by atoms with Gasteiger partial charge >= 0.3 is 6.18 Å². The summed E-state index contributed by atoms with van der Waals surface area (Å²) in [5.41, 5.74) is -0.832. The smallest absolute Gasteiger partial charge is 0.378 e. The average Bonchev–Trinajstić information content (AvgIpc) is 2.47. The Bertz CT molecular complexity index is 505. The largest absolute Gasteiger partial charge is 0.416 e. The highest BCUT2D eigenvalue weighted by Crippen LogP contribution is 2.29. The molecule has 1 aliphatic rings. The normalized spacial score (nSPS) is 22.9. The minimum atomic E-state index is -4.46. The molecule has 116 valence electrons. The van der Waals surface area contributed by atoms with Crippen molar-refractivity contribution < 1.29 is 22.7 Å². The number of methoxy groups -OCH3 is 1. The van der Waals surface area contributed by atoms with Gasteiger partial charge in [-0.15, -0.1) is 0 Å². The van der Waals surface area contributed by atoms with Crippen LogP contribution in [0.3, 0.4) is 0 Å². The molecular weight excluding hydrogens is 285 g/mol. The zero-order valence-corrected chi connectivity index (χ0v) is 11.5. The molecule has 2 rings (SSSR count). The van der Waals surface area contributed by atoms with E-state index in [1.54, 1.807) is 7.11 Å². The van der Waals surface area contributed by atoms with Crippen LogP contribution in [0.5, 0.6) is 0 Å². The van der Waals surface area contributed by atoms with Crippen LogP contribution in [0.4, 0.5) is 13.2 Å². The Balaban J connectivity index is 2.09. The number of rotatable bonds is 3. The van der Waals surface area contributed by atoms with Gasteiger partial charge in [0.15, 0.2) is 0 Å². The molecule has 0 unspecified atom stereocenters. The first-order valence-corrected chi connectivity index (χ1v) is 6.63. The lowest BCUT2D eigenvalue weighted by Crippen LogP contribution is -2.53. The van der Waals surface area contributed by atoms with E-state index < -0.39 is 17.6 Å². The third-order valence-corrected chi connectivity index (χ3v) is 3.50. The van der Waals surface area contributed by atoms with E-state index in [1.165, 1.54) is 12.1 Å². The van der Waals surface area contributed by atoms with Gasteiger partial charge in [-0.1, -0.05) is 6.07 Å². The summed E-state index contributed by atoms with van der Waals surface area (Å²) >= 11 is 0. The molecule has 1 aromatic rings. The van der Waals surface area contributed by atoms with Crippen LogP contribution in [0, 0.1) is 0 Å². The molecule has 1 aliphatic heterocycles. The maximum absolute atomic E-state index is 12.6. The van der Waals surface area contributed by atoms with E-state index >= 15 is 0 Å². The third kappa shape index (κ3) is 3.95. The monoisotopic (exact) mass is 302 g/mol. The lowest BCUT2D eigenvalue weighted by atomic mass is 10.0. The Morgan fingerprint density at radius 2 is 2.19 bits per heavy atom. The average molecular weight is 302 g/mol. The third-order valence-electron chi connectivity index (χ3n) is 3.50. The number of benzene rings is 1. The Morgan fingerprint density at radius 1 is 1.43 bits per heavy atom. The fraction of sp³-hybridized carbons (Fsp3) is 0.500. The number of hydrogen-bond donors (Lipinski definition) is 2. The quantitative estimate of drug-likeness (QED) is 0.895. The summed E-state index contributed by atoms with van der Waals surface area (Å²) < 4.78 is 43.2. The van der Waals surface area contributed by atoms with Gasteiger partial charge in [-0.25, -0.2) is 0 Å². The highest BCUT2D eigenvalue weighted by Gasteiger charge is 2.31. The van der Waals surface area contributed by atoms with Crippen LogP contribution < -0.4 is 10.6 Å². The maximum Gasteiger partial charge on any atom is 0.416 e. The van der Waals surface area contributed by atoms with Crippen LogP contribution in [0.15, 0.2) is 24.3 Å². The predicted molar refractivity (Wildman–Crippen MR) is 71.0 cm³/mol. The number of ether oxygens (including phenoxy) is 1. The van der Waals surface area contributed by atoms with E-state index in [0.29, 0.717) is 13.0 Å². The van der Waals surface area contributed by atoms with Gasteiger partial charge in [0.1, 0.15) is 0 Å². The summed E-state index contributed by atoms with van der Waals surface area (Å²) in [6.07, 6.45) is -3.97. The van der Waals surface area contributed by atoms with Gasteiger partial charge in [-0.2, -0.15) is 13.2 Å². The zero-order valence-electron chi connectivity index (χ0n) is 11.5. The predicted octanol–water partition coefficient (Wildman–Crippen LogP) is 1.81. The minimum Gasteiger partial charge on any atom is -0.378 e. The lowest BCUT2D eigenvalue weighted by molar-refractivity contribution is -0.137. The van der Waals surface area contributed by atoms with Crippen molar-refractivity contribution >= 4 is 5.91 Å². The Morgan fingerprint density at radius 3 is 2.86 bits per heavy atom. The topological polar surface area (TPSA) is 50.4 Å². The first-order valence-electron chi connectivity index (χ1n) is 6.63. The van der Waals surface area contributed by atoms with Gasteiger partial charge in [0, 0.05) is 19.2 Å². The van der Waals surface area contributed by atoms with Crippen molar-refractivity contribution in [3.05, 3.63) is 35.4 Å². The summed E-state index contributed by atoms with van der Waals surface area (Å²) in [7, 11) is 1.54. The first-order chi connectivity index (χ1) is 9.91. The van der Waals surface area contributed by atoms with Crippen LogP contribution >= 0.6 is 0 Å². The van der Waals surface area contributed by atoms with Gasteiger partial charge in [0.05, 0.1) is 17.7 Å². The van der Waals surface area contributed by atoms with Crippen molar-refractivity contribution in [2.75, 3.05) is 20.2 Å². The molecule has 1 saturated heterocycles. The molecule has 2 N–H and O–H groups in total. The molecule has 2 atom stereocenters. The molecule has 0 spiro atoms. The number of alkyl halides is 3. The van der Waals surface area contributed by atoms with E-state index in [1.807, 2.05) is 0 Å². The van der Waals surface area contributed by atoms with Crippen LogP contribution in [0.1, 0.15) is 22.3 Å². The highest BCUT2D eigenvalue weighted by molar-refractivity contribution is 5.94. The van der Waals surface area contributed by atoms with E-state index in [-0.39, 0.29) is 17.7 Å². The summed E-state index contributed by atoms with van der Waals surface area (Å²) in [6, 6.07) is 4.19. The van der Waals surface area contributed by atoms with Crippen LogP contribution in [-0.2, 0) is 10.9 Å². The molecular formula is C14H17F3N2O2. The molecule has 0 aromatic heterocycles. The van der Waals surface area contributed by atoms with Crippen molar-refractivity contribution in [3.63, 3.8) is 0 Å². The molecule has 7 heteroatoms. The second-order valence-electron chi connectivity index (χ2n) is 4.93. The summed E-state index contributed by atoms with van der Waals surface area (Å²) in [5, 5.41) is 5.88. The maximum atomic E-state index is 12.6. The summed E-state index contributed by atoms with van der Waals surface area (Å²) in [5.74, 6) is -0.518. The summed E-state index contributed by atoms with van der Waals surface area (Å²) in [4.78, 5) is 12.1. The Hall–Kier alpha value is -1.60. The van der Waals surface area contributed by atoms with Crippen LogP contribution in [0.2, 0.25) is 0 Å². The van der Waals surface area contributed by atoms with Gasteiger partial charge in [-0.05, 0) is 31.2 Å². The number of hydrogen-bond acceptors (Lipinski definition) is 3. The molecule has 1 amide bonds. The molecule has 1 fully saturated rings. The fourth-order valence-corrected chi connectivity index (χ4v) is 2.33. The van der Waals surface area contributed by atoms with Crippen LogP contribution in [-0.4, -0.2) is 38.3 Å². The standard InChI is InChI=1S/C14H17F3N2O2/c1-21-12-8-18-6-5-11(12)19-13(20)9-3-2-4-10(7-9)14(15,16)17/h2-4,7,11-12,18H,5-6,8H2,1H3,(H,19,20)/t11-,12-/m1/s1. The van der Waals surface area contributed by atoms with Gasteiger partial charge in [0.25, 0.3) is 5.91 Å². The van der Waals surface area contributed by atoms with E-state index in [9.17, 15) is 18.0 Å². The van der Waals surface area contributed by atoms with Gasteiger partial charge < -0.3 is 15.4 Å². The summed E-state index contributed by atoms with van der Waals surface area (Å²) in [6.45, 7) is 1.33. The molecule has 0 radical (unpaired) electrons. The molecule has 0 bridgehead atoms. The van der Waals surface area contributed by atoms with Crippen molar-refractivity contribution in [3.8, 4) is 0 Å². The SMILES string of the molecule is CO[C@@H]1CNCC[C@H]1NC(=O)c1cccc(C(F)(F)F)c1. The molecule has 0 saturated carbocycles. The Kier molecular flexibility index (Phi) is 4.84. The lowest BCUT2D eigenvalue weighted by Gasteiger charge is -2.31. The van der Waals surface area contributed by atoms with E-state index in [0.717, 1.165) is 18.7 Å². The zero-order chi connectivity index (χ0) is 15.5. The van der Waals surface area contributed by atoms with Gasteiger partial charge in [-0.3, -0.25) is 4.79 Å². The van der Waals surface area contributed by atoms with E-state index in [2.05, 4.69) is 10.6 Å². The molecule has 21 heavy (non-hydrogen) atoms. The van der Waals surface area contributed by atoms with Crippen molar-refractivity contribution in [2.45, 2.75) is 24.7 Å². The van der Waals surface area contributed by atoms with Crippen molar-refractivity contribution in [1.82, 2.24) is 10.6 Å². The minimum absolute atomic E-state index is 0.00166. The fourth-order valence-electron chi connectivity index (χ4n) is 2.33. The van der Waals surface area contributed by atoms with Gasteiger partial charge in [0.2, 0.25) is 0 Å². The molecule has 1 heterocycles. The molecule has 1 aromatic carbocycles. The number of halogens is 3. The molecule has 4 nitrogen and oxygen atoms in total. The Labute approximate surface area is 120 Å². The number of carbonyl (C=O) groups excluding carboxylic acids is 1. The van der Waals surface area contributed by atoms with Crippen molar-refractivity contribution in [2.24, 2.45) is 0 Å². The number of piperidine rings is 1.